The van der Waals surface area contributed by atoms with Crippen LogP contribution in [0.2, 0.25) is 0 Å². The monoisotopic (exact) mass is 352 g/mol. The molecule has 1 atom stereocenters. The second-order valence-electron chi connectivity index (χ2n) is 5.93. The van der Waals surface area contributed by atoms with Crippen LogP contribution in [0.25, 0.3) is 0 Å². The summed E-state index contributed by atoms with van der Waals surface area (Å²) in [5.41, 5.74) is 0.919. The molecule has 1 heterocycles. The molecule has 1 saturated heterocycles. The van der Waals surface area contributed by atoms with E-state index < -0.39 is 15.9 Å². The predicted molar refractivity (Wildman–Crippen MR) is 92.2 cm³/mol. The van der Waals surface area contributed by atoms with Crippen molar-refractivity contribution < 1.29 is 18.0 Å². The second-order valence-corrected chi connectivity index (χ2v) is 8.41. The van der Waals surface area contributed by atoms with E-state index in [0.717, 1.165) is 12.0 Å². The summed E-state index contributed by atoms with van der Waals surface area (Å²) in [6.07, 6.45) is 1.67. The number of sulfone groups is 1. The summed E-state index contributed by atoms with van der Waals surface area (Å²) in [6, 6.07) is 8.93. The maximum absolute atomic E-state index is 12.5. The van der Waals surface area contributed by atoms with E-state index in [-0.39, 0.29) is 36.3 Å². The lowest BCUT2D eigenvalue weighted by atomic mass is 10.1. The zero-order valence-electron chi connectivity index (χ0n) is 13.9. The van der Waals surface area contributed by atoms with Crippen LogP contribution in [0.1, 0.15) is 25.3 Å². The Hall–Kier alpha value is -1.89. The molecule has 1 aromatic carbocycles. The number of hydrogen-bond donors (Lipinski definition) is 1. The third-order valence-corrected chi connectivity index (χ3v) is 5.93. The number of likely N-dealkylation sites (tertiary alicyclic amines) is 1. The van der Waals surface area contributed by atoms with Gasteiger partial charge in [0.1, 0.15) is 6.04 Å². The van der Waals surface area contributed by atoms with Crippen molar-refractivity contribution >= 4 is 21.7 Å². The number of carbonyl (C=O) groups is 2. The molecule has 2 amide bonds. The fraction of sp³-hybridized carbons (Fsp3) is 0.529. The zero-order valence-corrected chi connectivity index (χ0v) is 14.7. The van der Waals surface area contributed by atoms with Crippen molar-refractivity contribution in [3.05, 3.63) is 35.9 Å². The largest absolute Gasteiger partial charge is 0.353 e. The lowest BCUT2D eigenvalue weighted by molar-refractivity contribution is -0.137. The van der Waals surface area contributed by atoms with E-state index in [1.165, 1.54) is 0 Å². The summed E-state index contributed by atoms with van der Waals surface area (Å²) in [6.45, 7) is 2.24. The summed E-state index contributed by atoms with van der Waals surface area (Å²) >= 11 is 0. The van der Waals surface area contributed by atoms with E-state index >= 15 is 0 Å². The molecule has 132 valence electrons. The number of amides is 2. The van der Waals surface area contributed by atoms with E-state index in [9.17, 15) is 18.0 Å². The van der Waals surface area contributed by atoms with Gasteiger partial charge in [0.05, 0.1) is 12.2 Å². The molecule has 1 aliphatic heterocycles. The van der Waals surface area contributed by atoms with Gasteiger partial charge in [0.15, 0.2) is 9.84 Å². The molecule has 1 aliphatic rings. The molecule has 2 rings (SSSR count). The molecule has 1 unspecified atom stereocenters. The minimum Gasteiger partial charge on any atom is -0.353 e. The van der Waals surface area contributed by atoms with Crippen molar-refractivity contribution in [3.8, 4) is 0 Å². The lowest BCUT2D eigenvalue weighted by Gasteiger charge is -2.24. The Morgan fingerprint density at radius 3 is 2.62 bits per heavy atom. The smallest absolute Gasteiger partial charge is 0.242 e. The van der Waals surface area contributed by atoms with E-state index in [1.807, 2.05) is 30.3 Å². The highest BCUT2D eigenvalue weighted by molar-refractivity contribution is 7.91. The van der Waals surface area contributed by atoms with Gasteiger partial charge >= 0.3 is 0 Å². The molecule has 6 nitrogen and oxygen atoms in total. The molecule has 0 saturated carbocycles. The van der Waals surface area contributed by atoms with E-state index in [4.69, 9.17) is 0 Å². The highest BCUT2D eigenvalue weighted by Gasteiger charge is 2.33. The van der Waals surface area contributed by atoms with Crippen LogP contribution in [0, 0.1) is 0 Å². The SMILES string of the molecule is CCS(=O)(=O)CCNC(=O)C1CCCN1C(=O)Cc1ccccc1. The van der Waals surface area contributed by atoms with E-state index in [2.05, 4.69) is 5.32 Å². The average Bonchev–Trinajstić information content (AvgIpc) is 3.05. The van der Waals surface area contributed by atoms with Crippen molar-refractivity contribution in [1.82, 2.24) is 10.2 Å². The van der Waals surface area contributed by atoms with Gasteiger partial charge in [-0.05, 0) is 18.4 Å². The Morgan fingerprint density at radius 2 is 1.96 bits per heavy atom. The number of carbonyl (C=O) groups excluding carboxylic acids is 2. The fourth-order valence-corrected chi connectivity index (χ4v) is 3.50. The molecule has 0 radical (unpaired) electrons. The van der Waals surface area contributed by atoms with Gasteiger partial charge in [-0.1, -0.05) is 37.3 Å². The average molecular weight is 352 g/mol. The molecule has 1 N–H and O–H groups in total. The molecule has 0 aliphatic carbocycles. The topological polar surface area (TPSA) is 83.6 Å². The second kappa shape index (κ2) is 8.28. The highest BCUT2D eigenvalue weighted by Crippen LogP contribution is 2.19. The Morgan fingerprint density at radius 1 is 1.25 bits per heavy atom. The maximum atomic E-state index is 12.5. The molecule has 7 heteroatoms. The van der Waals surface area contributed by atoms with Gasteiger partial charge < -0.3 is 10.2 Å². The van der Waals surface area contributed by atoms with Crippen molar-refractivity contribution in [2.24, 2.45) is 0 Å². The number of rotatable bonds is 7. The van der Waals surface area contributed by atoms with Gasteiger partial charge in [-0.25, -0.2) is 8.42 Å². The lowest BCUT2D eigenvalue weighted by Crippen LogP contribution is -2.47. The molecule has 24 heavy (non-hydrogen) atoms. The number of nitrogens with one attached hydrogen (secondary N) is 1. The Labute approximate surface area is 143 Å². The zero-order chi connectivity index (χ0) is 17.6. The van der Waals surface area contributed by atoms with Gasteiger partial charge in [-0.3, -0.25) is 9.59 Å². The van der Waals surface area contributed by atoms with E-state index in [0.29, 0.717) is 13.0 Å². The molecular weight excluding hydrogens is 328 g/mol. The van der Waals surface area contributed by atoms with E-state index in [1.54, 1.807) is 11.8 Å². The summed E-state index contributed by atoms with van der Waals surface area (Å²) in [5.74, 6) is -0.339. The number of benzene rings is 1. The first-order valence-corrected chi connectivity index (χ1v) is 10.1. The minimum atomic E-state index is -3.10. The minimum absolute atomic E-state index is 0.0635. The third kappa shape index (κ3) is 5.06. The molecular formula is C17H24N2O4S. The van der Waals surface area contributed by atoms with Gasteiger partial charge in [0.25, 0.3) is 0 Å². The number of hydrogen-bond acceptors (Lipinski definition) is 4. The molecule has 1 fully saturated rings. The molecule has 0 spiro atoms. The van der Waals surface area contributed by atoms with Gasteiger partial charge in [0, 0.05) is 18.8 Å². The van der Waals surface area contributed by atoms with Gasteiger partial charge in [-0.2, -0.15) is 0 Å². The quantitative estimate of drug-likeness (QED) is 0.786. The van der Waals surface area contributed by atoms with Crippen LogP contribution in [0.15, 0.2) is 30.3 Å². The van der Waals surface area contributed by atoms with Gasteiger partial charge in [-0.15, -0.1) is 0 Å². The first-order valence-electron chi connectivity index (χ1n) is 8.24. The van der Waals surface area contributed by atoms with Crippen molar-refractivity contribution in [1.29, 1.82) is 0 Å². The third-order valence-electron chi connectivity index (χ3n) is 4.23. The summed E-state index contributed by atoms with van der Waals surface area (Å²) in [7, 11) is -3.10. The standard InChI is InChI=1S/C17H24N2O4S/c1-2-24(22,23)12-10-18-17(21)15-9-6-11-19(15)16(20)13-14-7-4-3-5-8-14/h3-5,7-8,15H,2,6,9-13H2,1H3,(H,18,21). The van der Waals surface area contributed by atoms with Crippen molar-refractivity contribution in [2.75, 3.05) is 24.6 Å². The Bertz CT molecular complexity index is 673. The van der Waals surface area contributed by atoms with Crippen LogP contribution >= 0.6 is 0 Å². The van der Waals surface area contributed by atoms with Crippen LogP contribution < -0.4 is 5.32 Å². The van der Waals surface area contributed by atoms with Gasteiger partial charge in [0.2, 0.25) is 11.8 Å². The van der Waals surface area contributed by atoms with Crippen LogP contribution in [0.5, 0.6) is 0 Å². The van der Waals surface area contributed by atoms with Crippen LogP contribution in [0.4, 0.5) is 0 Å². The molecule has 1 aromatic rings. The first kappa shape index (κ1) is 18.4. The van der Waals surface area contributed by atoms with Crippen LogP contribution in [0.3, 0.4) is 0 Å². The normalized spacial score (nSPS) is 17.7. The van der Waals surface area contributed by atoms with Crippen molar-refractivity contribution in [2.45, 2.75) is 32.2 Å². The molecule has 0 bridgehead atoms. The van der Waals surface area contributed by atoms with Crippen molar-refractivity contribution in [3.63, 3.8) is 0 Å². The summed E-state index contributed by atoms with van der Waals surface area (Å²) in [5, 5.41) is 2.65. The first-order chi connectivity index (χ1) is 11.4. The fourth-order valence-electron chi connectivity index (χ4n) is 2.80. The molecule has 0 aromatic heterocycles. The predicted octanol–water partition coefficient (Wildman–Crippen LogP) is 0.771. The summed E-state index contributed by atoms with van der Waals surface area (Å²) < 4.78 is 22.9. The van der Waals surface area contributed by atoms with Crippen LogP contribution in [-0.4, -0.2) is 55.8 Å². The Balaban J connectivity index is 1.89. The maximum Gasteiger partial charge on any atom is 0.242 e. The summed E-state index contributed by atoms with van der Waals surface area (Å²) in [4.78, 5) is 26.4. The number of nitrogens with zero attached hydrogens (tertiary/aromatic N) is 1. The van der Waals surface area contributed by atoms with Crippen LogP contribution in [-0.2, 0) is 25.8 Å². The Kier molecular flexibility index (Phi) is 6.36. The highest BCUT2D eigenvalue weighted by atomic mass is 32.2.